The van der Waals surface area contributed by atoms with Crippen LogP contribution in [0.25, 0.3) is 0 Å². The summed E-state index contributed by atoms with van der Waals surface area (Å²) in [4.78, 5) is 0.241. The smallest absolute Gasteiger partial charge is 0.240 e. The molecule has 4 nitrogen and oxygen atoms in total. The molecule has 3 N–H and O–H groups in total. The van der Waals surface area contributed by atoms with Gasteiger partial charge in [0.15, 0.2) is 0 Å². The number of benzene rings is 2. The maximum atomic E-state index is 12.3. The zero-order valence-corrected chi connectivity index (χ0v) is 13.0. The van der Waals surface area contributed by atoms with Crippen LogP contribution in [-0.2, 0) is 16.6 Å². The molecule has 0 bridgehead atoms. The first kappa shape index (κ1) is 15.7. The third kappa shape index (κ3) is 4.14. The summed E-state index contributed by atoms with van der Waals surface area (Å²) in [5, 5.41) is 0. The number of aryl methyl sites for hydroxylation is 1. The van der Waals surface area contributed by atoms with Crippen molar-refractivity contribution in [2.45, 2.75) is 31.3 Å². The van der Waals surface area contributed by atoms with Crippen LogP contribution in [0.2, 0.25) is 0 Å². The fourth-order valence-electron chi connectivity index (χ4n) is 2.05. The lowest BCUT2D eigenvalue weighted by atomic mass is 10.1. The molecule has 2 rings (SSSR count). The average molecular weight is 304 g/mol. The molecule has 0 amide bonds. The van der Waals surface area contributed by atoms with Crippen LogP contribution in [-0.4, -0.2) is 8.42 Å². The number of hydrogen-bond acceptors (Lipinski definition) is 3. The molecule has 5 heteroatoms. The largest absolute Gasteiger partial charge is 0.324 e. The molecule has 0 saturated heterocycles. The third-order valence-corrected chi connectivity index (χ3v) is 4.64. The monoisotopic (exact) mass is 304 g/mol. The number of rotatable bonds is 5. The van der Waals surface area contributed by atoms with Gasteiger partial charge in [-0.3, -0.25) is 0 Å². The lowest BCUT2D eigenvalue weighted by molar-refractivity contribution is 0.581. The molecule has 0 aliphatic heterocycles. The van der Waals surface area contributed by atoms with Gasteiger partial charge in [-0.1, -0.05) is 42.0 Å². The molecule has 0 aromatic heterocycles. The van der Waals surface area contributed by atoms with Crippen LogP contribution >= 0.6 is 0 Å². The van der Waals surface area contributed by atoms with Crippen LogP contribution in [0.1, 0.15) is 29.7 Å². The van der Waals surface area contributed by atoms with Gasteiger partial charge in [0.25, 0.3) is 0 Å². The Balaban J connectivity index is 2.17. The summed E-state index contributed by atoms with van der Waals surface area (Å²) in [5.41, 5.74) is 8.63. The highest BCUT2D eigenvalue weighted by Gasteiger charge is 2.14. The van der Waals surface area contributed by atoms with Gasteiger partial charge >= 0.3 is 0 Å². The first-order chi connectivity index (χ1) is 9.88. The van der Waals surface area contributed by atoms with E-state index in [1.165, 1.54) is 0 Å². The number of nitrogens with two attached hydrogens (primary N) is 1. The van der Waals surface area contributed by atoms with Crippen LogP contribution in [0.3, 0.4) is 0 Å². The SMILES string of the molecule is Cc1cccc(CNS(=O)(=O)c2cccc(C(C)N)c2)c1. The molecule has 0 fully saturated rings. The maximum absolute atomic E-state index is 12.3. The van der Waals surface area contributed by atoms with E-state index in [2.05, 4.69) is 4.72 Å². The number of nitrogens with one attached hydrogen (secondary N) is 1. The van der Waals surface area contributed by atoms with Gasteiger partial charge in [-0.05, 0) is 37.1 Å². The highest BCUT2D eigenvalue weighted by Crippen LogP contribution is 2.16. The van der Waals surface area contributed by atoms with E-state index >= 15 is 0 Å². The topological polar surface area (TPSA) is 72.2 Å². The molecule has 1 atom stereocenters. The van der Waals surface area contributed by atoms with Gasteiger partial charge in [0.05, 0.1) is 4.90 Å². The minimum Gasteiger partial charge on any atom is -0.324 e. The molecular formula is C16H20N2O2S. The van der Waals surface area contributed by atoms with Gasteiger partial charge in [-0.15, -0.1) is 0 Å². The van der Waals surface area contributed by atoms with E-state index < -0.39 is 10.0 Å². The van der Waals surface area contributed by atoms with Crippen molar-refractivity contribution in [3.05, 3.63) is 65.2 Å². The highest BCUT2D eigenvalue weighted by atomic mass is 32.2. The quantitative estimate of drug-likeness (QED) is 0.891. The fraction of sp³-hybridized carbons (Fsp3) is 0.250. The van der Waals surface area contributed by atoms with E-state index in [9.17, 15) is 8.42 Å². The molecule has 0 aliphatic rings. The highest BCUT2D eigenvalue weighted by molar-refractivity contribution is 7.89. The maximum Gasteiger partial charge on any atom is 0.240 e. The van der Waals surface area contributed by atoms with Crippen molar-refractivity contribution in [1.82, 2.24) is 4.72 Å². The standard InChI is InChI=1S/C16H20N2O2S/c1-12-5-3-6-14(9-12)11-18-21(19,20)16-8-4-7-15(10-16)13(2)17/h3-10,13,18H,11,17H2,1-2H3. The van der Waals surface area contributed by atoms with Crippen molar-refractivity contribution in [2.75, 3.05) is 0 Å². The Hall–Kier alpha value is -1.69. The van der Waals surface area contributed by atoms with Crippen LogP contribution in [0.15, 0.2) is 53.4 Å². The van der Waals surface area contributed by atoms with Gasteiger partial charge in [0.1, 0.15) is 0 Å². The number of sulfonamides is 1. The van der Waals surface area contributed by atoms with Crippen LogP contribution in [0.5, 0.6) is 0 Å². The summed E-state index contributed by atoms with van der Waals surface area (Å²) in [7, 11) is -3.53. The molecular weight excluding hydrogens is 284 g/mol. The lowest BCUT2D eigenvalue weighted by Crippen LogP contribution is -2.23. The van der Waals surface area contributed by atoms with Crippen LogP contribution in [0.4, 0.5) is 0 Å². The second kappa shape index (κ2) is 6.39. The zero-order valence-electron chi connectivity index (χ0n) is 12.2. The Morgan fingerprint density at radius 1 is 1.14 bits per heavy atom. The van der Waals surface area contributed by atoms with Crippen molar-refractivity contribution in [3.63, 3.8) is 0 Å². The Kier molecular flexibility index (Phi) is 4.77. The molecule has 21 heavy (non-hydrogen) atoms. The lowest BCUT2D eigenvalue weighted by Gasteiger charge is -2.10. The first-order valence-corrected chi connectivity index (χ1v) is 8.27. The van der Waals surface area contributed by atoms with Crippen LogP contribution in [0, 0.1) is 6.92 Å². The van der Waals surface area contributed by atoms with E-state index in [0.29, 0.717) is 0 Å². The average Bonchev–Trinajstić information content (AvgIpc) is 2.45. The zero-order chi connectivity index (χ0) is 15.5. The van der Waals surface area contributed by atoms with E-state index in [4.69, 9.17) is 5.73 Å². The molecule has 112 valence electrons. The summed E-state index contributed by atoms with van der Waals surface area (Å²) < 4.78 is 27.2. The molecule has 0 radical (unpaired) electrons. The van der Waals surface area contributed by atoms with Crippen molar-refractivity contribution >= 4 is 10.0 Å². The van der Waals surface area contributed by atoms with Crippen LogP contribution < -0.4 is 10.5 Å². The van der Waals surface area contributed by atoms with Gasteiger partial charge in [-0.2, -0.15) is 0 Å². The summed E-state index contributed by atoms with van der Waals surface area (Å²) in [6.07, 6.45) is 0. The minimum atomic E-state index is -3.53. The predicted molar refractivity (Wildman–Crippen MR) is 84.2 cm³/mol. The molecule has 0 saturated carbocycles. The van der Waals surface area contributed by atoms with Crippen molar-refractivity contribution in [3.8, 4) is 0 Å². The third-order valence-electron chi connectivity index (χ3n) is 3.24. The van der Waals surface area contributed by atoms with E-state index in [-0.39, 0.29) is 17.5 Å². The Morgan fingerprint density at radius 3 is 2.52 bits per heavy atom. The van der Waals surface area contributed by atoms with E-state index in [1.807, 2.05) is 44.2 Å². The summed E-state index contributed by atoms with van der Waals surface area (Å²) in [6.45, 7) is 4.07. The van der Waals surface area contributed by atoms with E-state index in [1.54, 1.807) is 18.2 Å². The summed E-state index contributed by atoms with van der Waals surface area (Å²) >= 11 is 0. The van der Waals surface area contributed by atoms with Crippen molar-refractivity contribution in [2.24, 2.45) is 5.73 Å². The van der Waals surface area contributed by atoms with Gasteiger partial charge in [0.2, 0.25) is 10.0 Å². The molecule has 1 unspecified atom stereocenters. The van der Waals surface area contributed by atoms with Gasteiger partial charge < -0.3 is 5.73 Å². The molecule has 2 aromatic rings. The second-order valence-corrected chi connectivity index (χ2v) is 6.94. The van der Waals surface area contributed by atoms with Gasteiger partial charge in [0, 0.05) is 12.6 Å². The predicted octanol–water partition coefficient (Wildman–Crippen LogP) is 2.49. The minimum absolute atomic E-state index is 0.197. The van der Waals surface area contributed by atoms with Gasteiger partial charge in [-0.25, -0.2) is 13.1 Å². The fourth-order valence-corrected chi connectivity index (χ4v) is 3.12. The molecule has 0 aliphatic carbocycles. The van der Waals surface area contributed by atoms with Crippen molar-refractivity contribution in [1.29, 1.82) is 0 Å². The molecule has 0 heterocycles. The number of hydrogen-bond donors (Lipinski definition) is 2. The second-order valence-electron chi connectivity index (χ2n) is 5.17. The summed E-state index contributed by atoms with van der Waals surface area (Å²) in [5.74, 6) is 0. The molecule has 2 aromatic carbocycles. The first-order valence-electron chi connectivity index (χ1n) is 6.79. The van der Waals surface area contributed by atoms with Crippen molar-refractivity contribution < 1.29 is 8.42 Å². The Labute approximate surface area is 126 Å². The molecule has 0 spiro atoms. The Bertz CT molecular complexity index is 725. The Morgan fingerprint density at radius 2 is 1.86 bits per heavy atom. The van der Waals surface area contributed by atoms with E-state index in [0.717, 1.165) is 16.7 Å². The normalized spacial score (nSPS) is 13.1. The summed E-state index contributed by atoms with van der Waals surface area (Å²) in [6, 6.07) is 14.3.